The van der Waals surface area contributed by atoms with E-state index in [-0.39, 0.29) is 24.8 Å². The van der Waals surface area contributed by atoms with Gasteiger partial charge in [-0.15, -0.1) is 0 Å². The van der Waals surface area contributed by atoms with Gasteiger partial charge in [-0.2, -0.15) is 0 Å². The average Bonchev–Trinajstić information content (AvgIpc) is 2.96. The fourth-order valence-electron chi connectivity index (χ4n) is 1.35. The van der Waals surface area contributed by atoms with E-state index in [1.807, 2.05) is 0 Å². The fraction of sp³-hybridized carbons (Fsp3) is 0.200. The van der Waals surface area contributed by atoms with Gasteiger partial charge in [0.05, 0.1) is 12.8 Å². The third-order valence-corrected chi connectivity index (χ3v) is 2.17. The lowest BCUT2D eigenvalue weighted by Gasteiger charge is -2.02. The fourth-order valence-corrected chi connectivity index (χ4v) is 1.35. The zero-order valence-electron chi connectivity index (χ0n) is 9.28. The number of nitrogens with zero attached hydrogens (tertiary/aromatic N) is 3. The molecule has 2 aromatic heterocycles. The van der Waals surface area contributed by atoms with Gasteiger partial charge in [0.15, 0.2) is 0 Å². The molecule has 1 amide bonds. The Labute approximate surface area is 101 Å². The molecular weight excluding hydrogens is 240 g/mol. The van der Waals surface area contributed by atoms with Crippen LogP contribution in [0.2, 0.25) is 0 Å². The van der Waals surface area contributed by atoms with Gasteiger partial charge in [-0.3, -0.25) is 4.79 Å². The van der Waals surface area contributed by atoms with Gasteiger partial charge in [-0.1, -0.05) is 0 Å². The van der Waals surface area contributed by atoms with Crippen LogP contribution in [0.4, 0.5) is 5.82 Å². The van der Waals surface area contributed by atoms with Crippen molar-refractivity contribution < 1.29 is 14.1 Å². The summed E-state index contributed by atoms with van der Waals surface area (Å²) >= 11 is 0. The highest BCUT2D eigenvalue weighted by Crippen LogP contribution is 2.05. The molecule has 2 heterocycles. The average molecular weight is 250 g/mol. The molecule has 0 fully saturated rings. The molecular formula is C10H10N4O4. The lowest BCUT2D eigenvalue weighted by molar-refractivity contribution is -0.389. The van der Waals surface area contributed by atoms with Gasteiger partial charge in [-0.25, -0.2) is 0 Å². The van der Waals surface area contributed by atoms with Gasteiger partial charge in [0, 0.05) is 0 Å². The highest BCUT2D eigenvalue weighted by molar-refractivity contribution is 5.75. The van der Waals surface area contributed by atoms with Crippen LogP contribution in [0.3, 0.4) is 0 Å². The molecule has 1 N–H and O–H groups in total. The summed E-state index contributed by atoms with van der Waals surface area (Å²) in [5, 5.41) is 13.0. The maximum atomic E-state index is 11.5. The number of amides is 1. The minimum absolute atomic E-state index is 0.0262. The predicted octanol–water partition coefficient (Wildman–Crippen LogP) is 0.701. The summed E-state index contributed by atoms with van der Waals surface area (Å²) in [4.78, 5) is 24.8. The van der Waals surface area contributed by atoms with Crippen LogP contribution in [0.25, 0.3) is 0 Å². The molecule has 2 aromatic rings. The normalized spacial score (nSPS) is 10.2. The topological polar surface area (TPSA) is 103 Å². The summed E-state index contributed by atoms with van der Waals surface area (Å²) in [6.07, 6.45) is 3.96. The van der Waals surface area contributed by atoms with E-state index in [0.29, 0.717) is 5.76 Å². The zero-order valence-corrected chi connectivity index (χ0v) is 9.28. The number of furan rings is 1. The van der Waals surface area contributed by atoms with Gasteiger partial charge < -0.3 is 24.4 Å². The molecule has 0 aliphatic carbocycles. The Morgan fingerprint density at radius 1 is 1.61 bits per heavy atom. The van der Waals surface area contributed by atoms with E-state index in [9.17, 15) is 14.9 Å². The molecule has 0 bridgehead atoms. The predicted molar refractivity (Wildman–Crippen MR) is 59.4 cm³/mol. The van der Waals surface area contributed by atoms with Crippen LogP contribution in [0.15, 0.2) is 35.3 Å². The third-order valence-electron chi connectivity index (χ3n) is 2.17. The number of imidazole rings is 1. The molecule has 94 valence electrons. The van der Waals surface area contributed by atoms with Crippen molar-refractivity contribution in [2.24, 2.45) is 0 Å². The van der Waals surface area contributed by atoms with Crippen molar-refractivity contribution in [2.45, 2.75) is 13.1 Å². The van der Waals surface area contributed by atoms with Crippen LogP contribution >= 0.6 is 0 Å². The Kier molecular flexibility index (Phi) is 3.37. The Balaban J connectivity index is 1.85. The van der Waals surface area contributed by atoms with E-state index >= 15 is 0 Å². The van der Waals surface area contributed by atoms with Crippen molar-refractivity contribution >= 4 is 11.7 Å². The van der Waals surface area contributed by atoms with Crippen LogP contribution in [-0.2, 0) is 17.9 Å². The molecule has 8 nitrogen and oxygen atoms in total. The third kappa shape index (κ3) is 2.94. The minimum Gasteiger partial charge on any atom is -0.467 e. The Bertz CT molecular complexity index is 546. The first-order valence-electron chi connectivity index (χ1n) is 5.10. The van der Waals surface area contributed by atoms with Crippen molar-refractivity contribution in [2.75, 3.05) is 0 Å². The van der Waals surface area contributed by atoms with Gasteiger partial charge >= 0.3 is 5.82 Å². The number of rotatable bonds is 5. The Morgan fingerprint density at radius 3 is 3.06 bits per heavy atom. The highest BCUT2D eigenvalue weighted by atomic mass is 16.6. The van der Waals surface area contributed by atoms with E-state index in [2.05, 4.69) is 10.3 Å². The molecule has 18 heavy (non-hydrogen) atoms. The summed E-state index contributed by atoms with van der Waals surface area (Å²) in [6, 6.07) is 3.46. The Morgan fingerprint density at radius 2 is 2.44 bits per heavy atom. The molecule has 0 saturated carbocycles. The quantitative estimate of drug-likeness (QED) is 0.621. The molecule has 0 spiro atoms. The maximum Gasteiger partial charge on any atom is 0.381 e. The molecule has 0 unspecified atom stereocenters. The van der Waals surface area contributed by atoms with Crippen molar-refractivity contribution in [3.05, 3.63) is 46.8 Å². The summed E-state index contributed by atoms with van der Waals surface area (Å²) in [5.74, 6) is 0.0764. The molecule has 0 aromatic carbocycles. The van der Waals surface area contributed by atoms with E-state index in [0.717, 1.165) is 0 Å². The van der Waals surface area contributed by atoms with Crippen LogP contribution in [0, 0.1) is 10.1 Å². The van der Waals surface area contributed by atoms with Gasteiger partial charge in [0.25, 0.3) is 0 Å². The largest absolute Gasteiger partial charge is 0.467 e. The number of hydrogen-bond donors (Lipinski definition) is 1. The monoisotopic (exact) mass is 250 g/mol. The number of carbonyl (C=O) groups is 1. The molecule has 0 radical (unpaired) electrons. The lowest BCUT2D eigenvalue weighted by Crippen LogP contribution is -2.26. The first kappa shape index (κ1) is 11.8. The molecule has 0 aliphatic rings. The first-order valence-corrected chi connectivity index (χ1v) is 5.10. The van der Waals surface area contributed by atoms with Crippen molar-refractivity contribution in [1.29, 1.82) is 0 Å². The first-order chi connectivity index (χ1) is 8.65. The molecule has 2 rings (SSSR count). The number of nitro groups is 1. The second-order valence-corrected chi connectivity index (χ2v) is 3.52. The van der Waals surface area contributed by atoms with Crippen molar-refractivity contribution in [1.82, 2.24) is 14.9 Å². The van der Waals surface area contributed by atoms with Crippen LogP contribution in [0.1, 0.15) is 5.76 Å². The van der Waals surface area contributed by atoms with Crippen LogP contribution in [0.5, 0.6) is 0 Å². The van der Waals surface area contributed by atoms with Gasteiger partial charge in [0.1, 0.15) is 18.5 Å². The standard InChI is InChI=1S/C10H10N4O4/c15-10(11-4-8-2-1-3-18-8)6-13-5-9(12-7-13)14(16)17/h1-3,5,7H,4,6H2,(H,11,15). The highest BCUT2D eigenvalue weighted by Gasteiger charge is 2.11. The second kappa shape index (κ2) is 5.13. The smallest absolute Gasteiger partial charge is 0.381 e. The van der Waals surface area contributed by atoms with Gasteiger partial charge in [-0.05, 0) is 22.0 Å². The lowest BCUT2D eigenvalue weighted by atomic mass is 10.4. The van der Waals surface area contributed by atoms with E-state index < -0.39 is 4.92 Å². The molecule has 0 atom stereocenters. The van der Waals surface area contributed by atoms with Crippen LogP contribution < -0.4 is 5.32 Å². The summed E-state index contributed by atoms with van der Waals surface area (Å²) in [5.41, 5.74) is 0. The molecule has 8 heteroatoms. The van der Waals surface area contributed by atoms with E-state index in [1.54, 1.807) is 12.1 Å². The van der Waals surface area contributed by atoms with E-state index in [4.69, 9.17) is 4.42 Å². The minimum atomic E-state index is -0.614. The number of hydrogen-bond acceptors (Lipinski definition) is 5. The molecule has 0 saturated heterocycles. The van der Waals surface area contributed by atoms with Crippen LogP contribution in [-0.4, -0.2) is 20.4 Å². The number of aromatic nitrogens is 2. The van der Waals surface area contributed by atoms with Gasteiger partial charge in [0.2, 0.25) is 12.2 Å². The van der Waals surface area contributed by atoms with E-state index in [1.165, 1.54) is 23.4 Å². The number of carbonyl (C=O) groups excluding carboxylic acids is 1. The van der Waals surface area contributed by atoms with Crippen molar-refractivity contribution in [3.8, 4) is 0 Å². The zero-order chi connectivity index (χ0) is 13.0. The van der Waals surface area contributed by atoms with Crippen molar-refractivity contribution in [3.63, 3.8) is 0 Å². The maximum absolute atomic E-state index is 11.5. The molecule has 0 aliphatic heterocycles. The summed E-state index contributed by atoms with van der Waals surface area (Å²) < 4.78 is 6.39. The Hall–Kier alpha value is -2.64. The summed E-state index contributed by atoms with van der Waals surface area (Å²) in [7, 11) is 0. The SMILES string of the molecule is O=C(Cn1cnc([N+](=O)[O-])c1)NCc1ccco1. The number of nitrogens with one attached hydrogen (secondary N) is 1. The summed E-state index contributed by atoms with van der Waals surface area (Å²) in [6.45, 7) is 0.254. The second-order valence-electron chi connectivity index (χ2n) is 3.52.